The topological polar surface area (TPSA) is 111 Å². The van der Waals surface area contributed by atoms with Crippen LogP contribution in [0.4, 0.5) is 11.5 Å². The van der Waals surface area contributed by atoms with Gasteiger partial charge in [-0.1, -0.05) is 16.8 Å². The SMILES string of the molecule is Cc1cc(NS(=O)(=O)c2ccc(NC(=O)[C@@H](C)Oc3cc(C)c(Cl)c(C)c3)cc2)no1. The van der Waals surface area contributed by atoms with Crippen LogP contribution >= 0.6 is 11.6 Å². The molecule has 3 rings (SSSR count). The number of carbonyl (C=O) groups is 1. The molecule has 0 aliphatic carbocycles. The lowest BCUT2D eigenvalue weighted by atomic mass is 10.1. The van der Waals surface area contributed by atoms with Crippen LogP contribution in [0, 0.1) is 20.8 Å². The van der Waals surface area contributed by atoms with E-state index in [2.05, 4.69) is 15.2 Å². The van der Waals surface area contributed by atoms with E-state index in [0.29, 0.717) is 22.2 Å². The summed E-state index contributed by atoms with van der Waals surface area (Å²) in [7, 11) is -3.83. The standard InChI is InChI=1S/C21H22ClN3O5S/c1-12-9-17(10-13(2)20(12)22)29-15(4)21(26)23-16-5-7-18(8-6-16)31(27,28)25-19-11-14(3)30-24-19/h5-11,15H,1-4H3,(H,23,26)(H,24,25)/t15-/m1/s1. The third kappa shape index (κ3) is 5.56. The summed E-state index contributed by atoms with van der Waals surface area (Å²) in [5.74, 6) is 0.735. The summed E-state index contributed by atoms with van der Waals surface area (Å²) in [6.45, 7) is 7.00. The van der Waals surface area contributed by atoms with E-state index in [9.17, 15) is 13.2 Å². The van der Waals surface area contributed by atoms with Crippen LogP contribution in [0.15, 0.2) is 51.9 Å². The van der Waals surface area contributed by atoms with Crippen LogP contribution in [-0.2, 0) is 14.8 Å². The third-order valence-electron chi connectivity index (χ3n) is 4.39. The Hall–Kier alpha value is -3.04. The highest BCUT2D eigenvalue weighted by Gasteiger charge is 2.18. The predicted octanol–water partition coefficient (Wildman–Crippen LogP) is 4.46. The molecule has 10 heteroatoms. The number of rotatable bonds is 7. The predicted molar refractivity (Wildman–Crippen MR) is 118 cm³/mol. The van der Waals surface area contributed by atoms with Crippen molar-refractivity contribution in [3.05, 3.63) is 64.4 Å². The molecule has 0 aliphatic rings. The Bertz CT molecular complexity index is 1180. The number of sulfonamides is 1. The zero-order chi connectivity index (χ0) is 22.8. The molecule has 8 nitrogen and oxygen atoms in total. The highest BCUT2D eigenvalue weighted by molar-refractivity contribution is 7.92. The van der Waals surface area contributed by atoms with Gasteiger partial charge in [-0.15, -0.1) is 0 Å². The van der Waals surface area contributed by atoms with Crippen LogP contribution in [0.5, 0.6) is 5.75 Å². The van der Waals surface area contributed by atoms with Gasteiger partial charge in [0.15, 0.2) is 11.9 Å². The molecular formula is C21H22ClN3O5S. The largest absolute Gasteiger partial charge is 0.481 e. The van der Waals surface area contributed by atoms with Gasteiger partial charge in [0, 0.05) is 16.8 Å². The molecule has 31 heavy (non-hydrogen) atoms. The summed E-state index contributed by atoms with van der Waals surface area (Å²) in [5, 5.41) is 6.97. The first-order valence-corrected chi connectivity index (χ1v) is 11.2. The Morgan fingerprint density at radius 3 is 2.26 bits per heavy atom. The van der Waals surface area contributed by atoms with Gasteiger partial charge in [-0.3, -0.25) is 9.52 Å². The van der Waals surface area contributed by atoms with Crippen molar-refractivity contribution >= 4 is 39.0 Å². The van der Waals surface area contributed by atoms with Crippen molar-refractivity contribution in [2.45, 2.75) is 38.7 Å². The fraction of sp³-hybridized carbons (Fsp3) is 0.238. The highest BCUT2D eigenvalue weighted by atomic mass is 35.5. The smallest absolute Gasteiger partial charge is 0.265 e. The van der Waals surface area contributed by atoms with Crippen LogP contribution in [0.3, 0.4) is 0 Å². The Kier molecular flexibility index (Phi) is 6.56. The molecule has 0 saturated heterocycles. The van der Waals surface area contributed by atoms with Gasteiger partial charge in [-0.25, -0.2) is 8.42 Å². The van der Waals surface area contributed by atoms with Crippen molar-refractivity contribution in [2.24, 2.45) is 0 Å². The van der Waals surface area contributed by atoms with E-state index in [-0.39, 0.29) is 16.6 Å². The third-order valence-corrected chi connectivity index (χ3v) is 6.36. The number of carbonyl (C=O) groups excluding carboxylic acids is 1. The number of benzene rings is 2. The molecule has 2 N–H and O–H groups in total. The molecule has 0 spiro atoms. The minimum Gasteiger partial charge on any atom is -0.481 e. The minimum absolute atomic E-state index is 0.0163. The lowest BCUT2D eigenvalue weighted by Crippen LogP contribution is -2.30. The van der Waals surface area contributed by atoms with Gasteiger partial charge < -0.3 is 14.6 Å². The van der Waals surface area contributed by atoms with Crippen LogP contribution in [0.1, 0.15) is 23.8 Å². The Labute approximate surface area is 185 Å². The number of anilines is 2. The summed E-state index contributed by atoms with van der Waals surface area (Å²) >= 11 is 6.16. The number of hydrogen-bond acceptors (Lipinski definition) is 6. The molecule has 1 amide bonds. The van der Waals surface area contributed by atoms with Crippen LogP contribution < -0.4 is 14.8 Å². The maximum absolute atomic E-state index is 12.5. The van der Waals surface area contributed by atoms with E-state index in [1.54, 1.807) is 26.0 Å². The second kappa shape index (κ2) is 8.99. The van der Waals surface area contributed by atoms with Crippen molar-refractivity contribution in [3.8, 4) is 5.75 Å². The molecule has 0 unspecified atom stereocenters. The normalized spacial score (nSPS) is 12.3. The zero-order valence-electron chi connectivity index (χ0n) is 17.4. The quantitative estimate of drug-likeness (QED) is 0.535. The average molecular weight is 464 g/mol. The number of halogens is 1. The zero-order valence-corrected chi connectivity index (χ0v) is 19.0. The maximum Gasteiger partial charge on any atom is 0.265 e. The molecule has 2 aromatic carbocycles. The lowest BCUT2D eigenvalue weighted by Gasteiger charge is -2.16. The summed E-state index contributed by atoms with van der Waals surface area (Å²) < 4.78 is 37.7. The van der Waals surface area contributed by atoms with Crippen LogP contribution in [0.2, 0.25) is 5.02 Å². The maximum atomic E-state index is 12.5. The first kappa shape index (κ1) is 22.6. The number of aromatic nitrogens is 1. The summed E-state index contributed by atoms with van der Waals surface area (Å²) in [6, 6.07) is 10.7. The Morgan fingerprint density at radius 2 is 1.71 bits per heavy atom. The number of aryl methyl sites for hydroxylation is 3. The van der Waals surface area contributed by atoms with Crippen LogP contribution in [-0.4, -0.2) is 25.6 Å². The van der Waals surface area contributed by atoms with Crippen molar-refractivity contribution < 1.29 is 22.5 Å². The van der Waals surface area contributed by atoms with Crippen molar-refractivity contribution in [1.82, 2.24) is 5.16 Å². The second-order valence-electron chi connectivity index (χ2n) is 7.07. The molecule has 1 atom stereocenters. The lowest BCUT2D eigenvalue weighted by molar-refractivity contribution is -0.122. The molecule has 1 aromatic heterocycles. The van der Waals surface area contributed by atoms with E-state index in [1.807, 2.05) is 13.8 Å². The molecule has 0 bridgehead atoms. The Balaban J connectivity index is 1.64. The summed E-state index contributed by atoms with van der Waals surface area (Å²) in [4.78, 5) is 12.5. The van der Waals surface area contributed by atoms with E-state index in [4.69, 9.17) is 20.9 Å². The van der Waals surface area contributed by atoms with E-state index < -0.39 is 16.1 Å². The fourth-order valence-corrected chi connectivity index (χ4v) is 3.90. The first-order chi connectivity index (χ1) is 14.5. The monoisotopic (exact) mass is 463 g/mol. The van der Waals surface area contributed by atoms with E-state index in [0.717, 1.165) is 11.1 Å². The number of nitrogens with one attached hydrogen (secondary N) is 2. The van der Waals surface area contributed by atoms with Crippen molar-refractivity contribution in [3.63, 3.8) is 0 Å². The molecule has 3 aromatic rings. The summed E-state index contributed by atoms with van der Waals surface area (Å²) in [5.41, 5.74) is 2.14. The highest BCUT2D eigenvalue weighted by Crippen LogP contribution is 2.26. The van der Waals surface area contributed by atoms with E-state index in [1.165, 1.54) is 30.3 Å². The number of amides is 1. The van der Waals surface area contributed by atoms with Gasteiger partial charge in [0.2, 0.25) is 0 Å². The molecular weight excluding hydrogens is 442 g/mol. The molecule has 0 radical (unpaired) electrons. The van der Waals surface area contributed by atoms with Crippen LogP contribution in [0.25, 0.3) is 0 Å². The number of ether oxygens (including phenoxy) is 1. The summed E-state index contributed by atoms with van der Waals surface area (Å²) in [6.07, 6.45) is -0.777. The molecule has 0 fully saturated rings. The van der Waals surface area contributed by atoms with Gasteiger partial charge >= 0.3 is 0 Å². The number of hydrogen-bond donors (Lipinski definition) is 2. The minimum atomic E-state index is -3.83. The molecule has 164 valence electrons. The fourth-order valence-electron chi connectivity index (χ4n) is 2.80. The molecule has 0 saturated carbocycles. The Morgan fingerprint density at radius 1 is 1.10 bits per heavy atom. The van der Waals surface area contributed by atoms with Gasteiger partial charge in [-0.2, -0.15) is 0 Å². The molecule has 1 heterocycles. The van der Waals surface area contributed by atoms with Crippen molar-refractivity contribution in [1.29, 1.82) is 0 Å². The average Bonchev–Trinajstić information content (AvgIpc) is 3.10. The van der Waals surface area contributed by atoms with Gasteiger partial charge in [0.25, 0.3) is 15.9 Å². The van der Waals surface area contributed by atoms with Crippen molar-refractivity contribution in [2.75, 3.05) is 10.0 Å². The first-order valence-electron chi connectivity index (χ1n) is 9.35. The van der Waals surface area contributed by atoms with Gasteiger partial charge in [-0.05, 0) is 75.2 Å². The second-order valence-corrected chi connectivity index (χ2v) is 9.13. The van der Waals surface area contributed by atoms with Gasteiger partial charge in [0.1, 0.15) is 11.5 Å². The van der Waals surface area contributed by atoms with E-state index >= 15 is 0 Å². The number of nitrogens with zero attached hydrogens (tertiary/aromatic N) is 1. The molecule has 0 aliphatic heterocycles. The van der Waals surface area contributed by atoms with Gasteiger partial charge in [0.05, 0.1) is 4.90 Å².